The first-order valence-electron chi connectivity index (χ1n) is 15.8. The van der Waals surface area contributed by atoms with Gasteiger partial charge in [0.15, 0.2) is 11.4 Å². The van der Waals surface area contributed by atoms with Crippen LogP contribution < -0.4 is 37.2 Å². The molecule has 0 bridgehead atoms. The van der Waals surface area contributed by atoms with E-state index in [0.29, 0.717) is 54.3 Å². The lowest BCUT2D eigenvalue weighted by molar-refractivity contribution is 0.101. The molecule has 16 nitrogen and oxygen atoms in total. The van der Waals surface area contributed by atoms with Crippen LogP contribution in [0.3, 0.4) is 0 Å². The van der Waals surface area contributed by atoms with Crippen LogP contribution in [0.4, 0.5) is 34.8 Å². The van der Waals surface area contributed by atoms with Crippen molar-refractivity contribution in [3.63, 3.8) is 0 Å². The predicted octanol–water partition coefficient (Wildman–Crippen LogP) is 4.03. The second-order valence-corrected chi connectivity index (χ2v) is 15.5. The van der Waals surface area contributed by atoms with Crippen molar-refractivity contribution in [1.82, 2.24) is 19.6 Å². The van der Waals surface area contributed by atoms with Gasteiger partial charge in [-0.05, 0) is 74.7 Å². The van der Waals surface area contributed by atoms with E-state index in [0.717, 1.165) is 42.0 Å². The first kappa shape index (κ1) is 38.4. The van der Waals surface area contributed by atoms with E-state index < -0.39 is 15.9 Å². The lowest BCUT2D eigenvalue weighted by atomic mass is 10.2. The standard InChI is InChI=1S/C17H21BrClN5O4S.C14H16BrN5O2/c18-13-3-2-12(10-14(13)21-16(25)15-11-28-17(20)22-15)23-5-7-24(8-6-23)29(26,27)9-1-4-19;15-10-2-1-9(20-5-3-17-4-6-20)7-11(10)18-13(21)12-8-22-14(16)19-12/h2-3,10-11H,1,4-9H2,(H2,20,22)(H,21,25);1-2,7-8,17H,3-6H2,(H2,16,19)(H,18,21). The maximum atomic E-state index is 12.3. The van der Waals surface area contributed by atoms with Crippen LogP contribution in [-0.2, 0) is 10.0 Å². The summed E-state index contributed by atoms with van der Waals surface area (Å²) in [4.78, 5) is 36.4. The summed E-state index contributed by atoms with van der Waals surface area (Å²) >= 11 is 12.5. The van der Waals surface area contributed by atoms with Crippen LogP contribution in [-0.4, -0.2) is 98.5 Å². The number of nitrogen functional groups attached to an aromatic ring is 2. The van der Waals surface area contributed by atoms with Crippen molar-refractivity contribution >= 4 is 100 Å². The van der Waals surface area contributed by atoms with Gasteiger partial charge in [0, 0.05) is 78.6 Å². The summed E-state index contributed by atoms with van der Waals surface area (Å²) in [6, 6.07) is 11.3. The molecule has 0 saturated carbocycles. The largest absolute Gasteiger partial charge is 0.431 e. The third-order valence-corrected chi connectivity index (χ3v) is 11.5. The summed E-state index contributed by atoms with van der Waals surface area (Å²) in [6.07, 6.45) is 2.86. The van der Waals surface area contributed by atoms with E-state index in [1.807, 2.05) is 36.4 Å². The maximum absolute atomic E-state index is 12.3. The van der Waals surface area contributed by atoms with Crippen molar-refractivity contribution < 1.29 is 26.8 Å². The Morgan fingerprint density at radius 3 is 1.71 bits per heavy atom. The molecule has 274 valence electrons. The molecule has 4 aromatic rings. The molecule has 2 fully saturated rings. The van der Waals surface area contributed by atoms with E-state index in [1.54, 1.807) is 0 Å². The lowest BCUT2D eigenvalue weighted by Crippen LogP contribution is -2.49. The molecule has 0 aliphatic carbocycles. The molecule has 0 unspecified atom stereocenters. The zero-order valence-electron chi connectivity index (χ0n) is 27.3. The smallest absolute Gasteiger partial charge is 0.292 e. The average Bonchev–Trinajstić information content (AvgIpc) is 3.78. The number of amides is 2. The second kappa shape index (κ2) is 17.6. The predicted molar refractivity (Wildman–Crippen MR) is 204 cm³/mol. The first-order valence-corrected chi connectivity index (χ1v) is 19.5. The normalized spacial score (nSPS) is 15.2. The highest BCUT2D eigenvalue weighted by atomic mass is 79.9. The van der Waals surface area contributed by atoms with Crippen LogP contribution in [0.2, 0.25) is 0 Å². The number of nitrogens with zero attached hydrogens (tertiary/aromatic N) is 5. The van der Waals surface area contributed by atoms with Gasteiger partial charge in [0.2, 0.25) is 10.0 Å². The summed E-state index contributed by atoms with van der Waals surface area (Å²) in [6.45, 7) is 5.70. The number of hydrogen-bond acceptors (Lipinski definition) is 13. The Labute approximate surface area is 316 Å². The van der Waals surface area contributed by atoms with Crippen molar-refractivity contribution in [1.29, 1.82) is 0 Å². The summed E-state index contributed by atoms with van der Waals surface area (Å²) in [7, 11) is -3.28. The highest BCUT2D eigenvalue weighted by Gasteiger charge is 2.27. The van der Waals surface area contributed by atoms with Gasteiger partial charge in [-0.3, -0.25) is 9.59 Å². The molecule has 2 aromatic heterocycles. The Balaban J connectivity index is 0.000000205. The molecule has 2 amide bonds. The van der Waals surface area contributed by atoms with E-state index in [2.05, 4.69) is 67.6 Å². The number of carbonyl (C=O) groups is 2. The summed E-state index contributed by atoms with van der Waals surface area (Å²) in [5.74, 6) is -0.414. The van der Waals surface area contributed by atoms with Crippen molar-refractivity contribution in [2.75, 3.05) is 95.9 Å². The molecule has 0 radical (unpaired) electrons. The lowest BCUT2D eigenvalue weighted by Gasteiger charge is -2.35. The number of anilines is 6. The van der Waals surface area contributed by atoms with Gasteiger partial charge in [0.1, 0.15) is 12.5 Å². The number of benzene rings is 2. The van der Waals surface area contributed by atoms with Gasteiger partial charge in [-0.2, -0.15) is 14.3 Å². The summed E-state index contributed by atoms with van der Waals surface area (Å²) < 4.78 is 37.4. The third-order valence-electron chi connectivity index (χ3n) is 7.92. The van der Waals surface area contributed by atoms with Crippen LogP contribution in [0.25, 0.3) is 0 Å². The molecule has 0 atom stereocenters. The van der Waals surface area contributed by atoms with Gasteiger partial charge in [-0.15, -0.1) is 11.6 Å². The van der Waals surface area contributed by atoms with E-state index in [-0.39, 0.29) is 35.1 Å². The minimum atomic E-state index is -3.28. The SMILES string of the molecule is Nc1nc(C(=O)Nc2cc(N3CCN(S(=O)(=O)CCCCl)CC3)ccc2Br)co1.Nc1nc(C(=O)Nc2cc(N3CCNCC3)ccc2Br)co1. The van der Waals surface area contributed by atoms with E-state index in [4.69, 9.17) is 31.9 Å². The first-order chi connectivity index (χ1) is 24.4. The molecule has 4 heterocycles. The van der Waals surface area contributed by atoms with Crippen molar-refractivity contribution in [2.45, 2.75) is 6.42 Å². The number of piperazine rings is 2. The highest BCUT2D eigenvalue weighted by Crippen LogP contribution is 2.30. The Morgan fingerprint density at radius 2 is 1.27 bits per heavy atom. The van der Waals surface area contributed by atoms with Gasteiger partial charge >= 0.3 is 0 Å². The molecule has 51 heavy (non-hydrogen) atoms. The van der Waals surface area contributed by atoms with Gasteiger partial charge in [-0.1, -0.05) is 0 Å². The molecular formula is C31H37Br2ClN10O6S. The Hall–Kier alpha value is -3.88. The molecule has 6 rings (SSSR count). The second-order valence-electron chi connectivity index (χ2n) is 11.4. The number of nitrogens with one attached hydrogen (secondary N) is 3. The number of carbonyl (C=O) groups excluding carboxylic acids is 2. The minimum absolute atomic E-state index is 0.0289. The van der Waals surface area contributed by atoms with Crippen LogP contribution in [0.15, 0.2) is 66.7 Å². The number of sulfonamides is 1. The molecule has 2 aliphatic rings. The van der Waals surface area contributed by atoms with Gasteiger partial charge < -0.3 is 46.1 Å². The third kappa shape index (κ3) is 10.4. The molecular weight excluding hydrogens is 836 g/mol. The zero-order chi connectivity index (χ0) is 36.5. The Bertz CT molecular complexity index is 1930. The van der Waals surface area contributed by atoms with Crippen LogP contribution in [0.5, 0.6) is 0 Å². The number of rotatable bonds is 10. The number of aromatic nitrogens is 2. The van der Waals surface area contributed by atoms with Crippen LogP contribution in [0, 0.1) is 0 Å². The minimum Gasteiger partial charge on any atom is -0.431 e. The molecule has 2 saturated heterocycles. The number of nitrogens with two attached hydrogens (primary N) is 2. The molecule has 2 aliphatic heterocycles. The zero-order valence-corrected chi connectivity index (χ0v) is 32.0. The van der Waals surface area contributed by atoms with Crippen LogP contribution >= 0.6 is 43.5 Å². The fourth-order valence-electron chi connectivity index (χ4n) is 5.28. The Kier molecular flexibility index (Phi) is 13.2. The summed E-state index contributed by atoms with van der Waals surface area (Å²) in [5.41, 5.74) is 14.2. The Morgan fingerprint density at radius 1 is 0.804 bits per heavy atom. The number of hydrogen-bond donors (Lipinski definition) is 5. The summed E-state index contributed by atoms with van der Waals surface area (Å²) in [5, 5.41) is 8.89. The average molecular weight is 873 g/mol. The van der Waals surface area contributed by atoms with E-state index in [9.17, 15) is 18.0 Å². The van der Waals surface area contributed by atoms with Gasteiger partial charge in [0.05, 0.1) is 17.1 Å². The quantitative estimate of drug-likeness (QED) is 0.142. The van der Waals surface area contributed by atoms with Crippen molar-refractivity contribution in [2.24, 2.45) is 0 Å². The number of oxazole rings is 2. The molecule has 20 heteroatoms. The van der Waals surface area contributed by atoms with Gasteiger partial charge in [-0.25, -0.2) is 8.42 Å². The molecule has 7 N–H and O–H groups in total. The number of alkyl halides is 1. The van der Waals surface area contributed by atoms with Crippen molar-refractivity contribution in [3.8, 4) is 0 Å². The van der Waals surface area contributed by atoms with E-state index in [1.165, 1.54) is 16.8 Å². The number of halogens is 3. The van der Waals surface area contributed by atoms with Gasteiger partial charge in [0.25, 0.3) is 23.8 Å². The fraction of sp³-hybridized carbons (Fsp3) is 0.355. The van der Waals surface area contributed by atoms with Crippen LogP contribution in [0.1, 0.15) is 27.4 Å². The van der Waals surface area contributed by atoms with Crippen molar-refractivity contribution in [3.05, 3.63) is 69.3 Å². The monoisotopic (exact) mass is 870 g/mol. The molecule has 2 aromatic carbocycles. The molecule has 0 spiro atoms. The van der Waals surface area contributed by atoms with E-state index >= 15 is 0 Å². The highest BCUT2D eigenvalue weighted by molar-refractivity contribution is 9.11. The topological polar surface area (TPSA) is 218 Å². The maximum Gasteiger partial charge on any atom is 0.292 e. The fourth-order valence-corrected chi connectivity index (χ4v) is 7.75.